The van der Waals surface area contributed by atoms with Gasteiger partial charge in [0, 0.05) is 0 Å². The number of hydrogen-bond acceptors (Lipinski definition) is 0. The molecule has 0 nitrogen and oxygen atoms in total. The minimum Gasteiger partial charge on any atom is -0.103 e. The van der Waals surface area contributed by atoms with E-state index in [1.807, 2.05) is 6.08 Å². The minimum absolute atomic E-state index is 1.12. The van der Waals surface area contributed by atoms with Crippen LogP contribution in [0.4, 0.5) is 0 Å². The average molecular weight is 188 g/mol. The van der Waals surface area contributed by atoms with E-state index in [1.165, 1.54) is 35.1 Å². The summed E-state index contributed by atoms with van der Waals surface area (Å²) in [5.74, 6) is 0. The molecule has 0 heterocycles. The maximum Gasteiger partial charge on any atom is -0.0271 e. The minimum atomic E-state index is 1.12. The van der Waals surface area contributed by atoms with Crippen LogP contribution in [0.5, 0.6) is 0 Å². The lowest BCUT2D eigenvalue weighted by molar-refractivity contribution is 0.832. The van der Waals surface area contributed by atoms with Crippen LogP contribution in [0.1, 0.15) is 35.1 Å². The molecule has 0 atom stereocenters. The van der Waals surface area contributed by atoms with Gasteiger partial charge < -0.3 is 0 Å². The SMILES string of the molecule is C=CCCCc1c(C)cc(C)cc1C. The molecule has 0 fully saturated rings. The van der Waals surface area contributed by atoms with Crippen molar-refractivity contribution in [3.05, 3.63) is 47.0 Å². The van der Waals surface area contributed by atoms with Crippen molar-refractivity contribution < 1.29 is 0 Å². The molecule has 76 valence electrons. The quantitative estimate of drug-likeness (QED) is 0.492. The summed E-state index contributed by atoms with van der Waals surface area (Å²) in [6.45, 7) is 10.3. The fraction of sp³-hybridized carbons (Fsp3) is 0.429. The number of rotatable bonds is 4. The lowest BCUT2D eigenvalue weighted by Crippen LogP contribution is -1.95. The Hall–Kier alpha value is -1.04. The Morgan fingerprint density at radius 1 is 1.14 bits per heavy atom. The fourth-order valence-corrected chi connectivity index (χ4v) is 2.03. The highest BCUT2D eigenvalue weighted by molar-refractivity contribution is 5.37. The number of allylic oxidation sites excluding steroid dienone is 1. The number of unbranched alkanes of at least 4 members (excludes halogenated alkanes) is 1. The van der Waals surface area contributed by atoms with Gasteiger partial charge in [0.05, 0.1) is 0 Å². The summed E-state index contributed by atoms with van der Waals surface area (Å²) in [4.78, 5) is 0. The summed E-state index contributed by atoms with van der Waals surface area (Å²) in [7, 11) is 0. The zero-order valence-corrected chi connectivity index (χ0v) is 9.56. The second-order valence-electron chi connectivity index (χ2n) is 4.06. The summed E-state index contributed by atoms with van der Waals surface area (Å²) in [6, 6.07) is 4.55. The van der Waals surface area contributed by atoms with Gasteiger partial charge in [-0.1, -0.05) is 23.8 Å². The molecule has 0 aliphatic heterocycles. The van der Waals surface area contributed by atoms with Gasteiger partial charge in [-0.15, -0.1) is 6.58 Å². The second-order valence-corrected chi connectivity index (χ2v) is 4.06. The van der Waals surface area contributed by atoms with Gasteiger partial charge in [0.15, 0.2) is 0 Å². The molecular formula is C14H20. The highest BCUT2D eigenvalue weighted by atomic mass is 14.1. The number of hydrogen-bond donors (Lipinski definition) is 0. The van der Waals surface area contributed by atoms with E-state index in [1.54, 1.807) is 0 Å². The molecular weight excluding hydrogens is 168 g/mol. The second kappa shape index (κ2) is 4.99. The van der Waals surface area contributed by atoms with Gasteiger partial charge in [0.25, 0.3) is 0 Å². The summed E-state index contributed by atoms with van der Waals surface area (Å²) in [5.41, 5.74) is 5.77. The molecule has 0 aromatic heterocycles. The topological polar surface area (TPSA) is 0 Å². The van der Waals surface area contributed by atoms with Crippen molar-refractivity contribution in [1.29, 1.82) is 0 Å². The highest BCUT2D eigenvalue weighted by Gasteiger charge is 2.02. The maximum absolute atomic E-state index is 3.75. The van der Waals surface area contributed by atoms with Crippen LogP contribution in [0.3, 0.4) is 0 Å². The Bertz CT molecular complexity index is 298. The van der Waals surface area contributed by atoms with Crippen molar-refractivity contribution in [2.45, 2.75) is 40.0 Å². The van der Waals surface area contributed by atoms with E-state index < -0.39 is 0 Å². The molecule has 0 aliphatic carbocycles. The van der Waals surface area contributed by atoms with Gasteiger partial charge in [0.2, 0.25) is 0 Å². The van der Waals surface area contributed by atoms with Crippen LogP contribution < -0.4 is 0 Å². The lowest BCUT2D eigenvalue weighted by atomic mass is 9.96. The third-order valence-electron chi connectivity index (χ3n) is 2.68. The van der Waals surface area contributed by atoms with Crippen molar-refractivity contribution in [3.8, 4) is 0 Å². The standard InChI is InChI=1S/C14H20/c1-5-6-7-8-14-12(3)9-11(2)10-13(14)4/h5,9-10H,1,6-8H2,2-4H3. The summed E-state index contributed by atoms with van der Waals surface area (Å²) < 4.78 is 0. The Balaban J connectivity index is 2.80. The van der Waals surface area contributed by atoms with Crippen LogP contribution in [0.2, 0.25) is 0 Å². The van der Waals surface area contributed by atoms with Crippen molar-refractivity contribution in [2.24, 2.45) is 0 Å². The monoisotopic (exact) mass is 188 g/mol. The molecule has 0 N–H and O–H groups in total. The van der Waals surface area contributed by atoms with Crippen molar-refractivity contribution >= 4 is 0 Å². The molecule has 0 heteroatoms. The summed E-state index contributed by atoms with van der Waals surface area (Å²) in [6.07, 6.45) is 5.52. The van der Waals surface area contributed by atoms with Crippen LogP contribution in [0.25, 0.3) is 0 Å². The molecule has 14 heavy (non-hydrogen) atoms. The van der Waals surface area contributed by atoms with Crippen LogP contribution in [0, 0.1) is 20.8 Å². The zero-order chi connectivity index (χ0) is 10.6. The van der Waals surface area contributed by atoms with Gasteiger partial charge in [-0.2, -0.15) is 0 Å². The Kier molecular flexibility index (Phi) is 3.94. The van der Waals surface area contributed by atoms with Gasteiger partial charge in [-0.25, -0.2) is 0 Å². The van der Waals surface area contributed by atoms with Crippen LogP contribution in [-0.2, 0) is 6.42 Å². The van der Waals surface area contributed by atoms with E-state index in [9.17, 15) is 0 Å². The maximum atomic E-state index is 3.75. The molecule has 0 spiro atoms. The van der Waals surface area contributed by atoms with E-state index >= 15 is 0 Å². The first-order valence-electron chi connectivity index (χ1n) is 5.32. The van der Waals surface area contributed by atoms with Gasteiger partial charge in [-0.3, -0.25) is 0 Å². The van der Waals surface area contributed by atoms with Crippen LogP contribution >= 0.6 is 0 Å². The first kappa shape index (κ1) is 11.0. The van der Waals surface area contributed by atoms with Gasteiger partial charge in [0.1, 0.15) is 0 Å². The van der Waals surface area contributed by atoms with Gasteiger partial charge >= 0.3 is 0 Å². The Morgan fingerprint density at radius 2 is 1.71 bits per heavy atom. The molecule has 0 saturated heterocycles. The number of benzene rings is 1. The van der Waals surface area contributed by atoms with Crippen molar-refractivity contribution in [1.82, 2.24) is 0 Å². The summed E-state index contributed by atoms with van der Waals surface area (Å²) >= 11 is 0. The van der Waals surface area contributed by atoms with E-state index in [0.717, 1.165) is 6.42 Å². The molecule has 0 saturated carbocycles. The molecule has 0 bridgehead atoms. The van der Waals surface area contributed by atoms with Crippen molar-refractivity contribution in [2.75, 3.05) is 0 Å². The van der Waals surface area contributed by atoms with Crippen LogP contribution in [0.15, 0.2) is 24.8 Å². The lowest BCUT2D eigenvalue weighted by Gasteiger charge is -2.10. The normalized spacial score (nSPS) is 10.2. The Labute approximate surface area is 87.7 Å². The van der Waals surface area contributed by atoms with E-state index in [-0.39, 0.29) is 0 Å². The fourth-order valence-electron chi connectivity index (χ4n) is 2.03. The molecule has 1 aromatic rings. The molecule has 0 aliphatic rings. The van der Waals surface area contributed by atoms with E-state index in [2.05, 4.69) is 39.5 Å². The predicted molar refractivity (Wildman–Crippen MR) is 63.8 cm³/mol. The Morgan fingerprint density at radius 3 is 2.21 bits per heavy atom. The molecule has 1 aromatic carbocycles. The molecule has 0 amide bonds. The average Bonchev–Trinajstić information content (AvgIpc) is 2.09. The van der Waals surface area contributed by atoms with Crippen molar-refractivity contribution in [3.63, 3.8) is 0 Å². The van der Waals surface area contributed by atoms with E-state index in [4.69, 9.17) is 0 Å². The first-order valence-corrected chi connectivity index (χ1v) is 5.32. The first-order chi connectivity index (χ1) is 6.65. The molecule has 1 rings (SSSR count). The molecule has 0 unspecified atom stereocenters. The van der Waals surface area contributed by atoms with Crippen LogP contribution in [-0.4, -0.2) is 0 Å². The highest BCUT2D eigenvalue weighted by Crippen LogP contribution is 2.18. The zero-order valence-electron chi connectivity index (χ0n) is 9.56. The van der Waals surface area contributed by atoms with E-state index in [0.29, 0.717) is 0 Å². The number of aryl methyl sites for hydroxylation is 3. The summed E-state index contributed by atoms with van der Waals surface area (Å²) in [5, 5.41) is 0. The smallest absolute Gasteiger partial charge is 0.0271 e. The third-order valence-corrected chi connectivity index (χ3v) is 2.68. The van der Waals surface area contributed by atoms with Gasteiger partial charge in [-0.05, 0) is 56.7 Å². The third kappa shape index (κ3) is 2.73. The largest absolute Gasteiger partial charge is 0.103 e. The molecule has 0 radical (unpaired) electrons. The predicted octanol–water partition coefficient (Wildman–Crippen LogP) is 4.12.